The van der Waals surface area contributed by atoms with Crippen LogP contribution in [0.4, 0.5) is 0 Å². The molecule has 5 rings (SSSR count). The number of aromatic amines is 1. The van der Waals surface area contributed by atoms with Crippen LogP contribution in [-0.4, -0.2) is 22.5 Å². The minimum absolute atomic E-state index is 0.174. The highest BCUT2D eigenvalue weighted by Gasteiger charge is 2.09. The Balaban J connectivity index is 1.34. The smallest absolute Gasteiger partial charge is 0.134 e. The Morgan fingerprint density at radius 2 is 1.43 bits per heavy atom. The van der Waals surface area contributed by atoms with Crippen LogP contribution in [-0.2, 0) is 0 Å². The molecule has 0 amide bonds. The van der Waals surface area contributed by atoms with Crippen molar-refractivity contribution in [2.24, 2.45) is 5.16 Å². The summed E-state index contributed by atoms with van der Waals surface area (Å²) < 4.78 is 5.92. The SMILES string of the molecule is O/N=C(/COc1ccc2c(c1)[nH]c1ccccc12)c1ccc(-c2ccccc2)cc1. The van der Waals surface area contributed by atoms with Crippen molar-refractivity contribution < 1.29 is 9.94 Å². The van der Waals surface area contributed by atoms with E-state index in [9.17, 15) is 5.21 Å². The van der Waals surface area contributed by atoms with Crippen LogP contribution in [0.2, 0.25) is 0 Å². The summed E-state index contributed by atoms with van der Waals surface area (Å²) in [5.41, 5.74) is 5.68. The van der Waals surface area contributed by atoms with Crippen LogP contribution < -0.4 is 4.74 Å². The van der Waals surface area contributed by atoms with E-state index in [1.54, 1.807) is 0 Å². The zero-order valence-corrected chi connectivity index (χ0v) is 16.2. The Kier molecular flexibility index (Phi) is 4.66. The molecule has 4 aromatic carbocycles. The molecule has 1 heterocycles. The van der Waals surface area contributed by atoms with Crippen molar-refractivity contribution in [2.75, 3.05) is 6.61 Å². The van der Waals surface area contributed by atoms with E-state index in [0.29, 0.717) is 5.71 Å². The number of hydrogen-bond donors (Lipinski definition) is 2. The highest BCUT2D eigenvalue weighted by atomic mass is 16.5. The predicted molar refractivity (Wildman–Crippen MR) is 122 cm³/mol. The molecule has 0 bridgehead atoms. The number of hydrogen-bond acceptors (Lipinski definition) is 3. The Morgan fingerprint density at radius 3 is 2.23 bits per heavy atom. The van der Waals surface area contributed by atoms with Gasteiger partial charge < -0.3 is 14.9 Å². The van der Waals surface area contributed by atoms with Gasteiger partial charge in [-0.3, -0.25) is 0 Å². The molecule has 0 saturated carbocycles. The third kappa shape index (κ3) is 3.40. The molecule has 5 aromatic rings. The molecule has 0 aliphatic carbocycles. The van der Waals surface area contributed by atoms with Crippen LogP contribution in [0.5, 0.6) is 5.75 Å². The number of nitrogens with zero attached hydrogens (tertiary/aromatic N) is 1. The maximum Gasteiger partial charge on any atom is 0.134 e. The van der Waals surface area contributed by atoms with Crippen molar-refractivity contribution >= 4 is 27.5 Å². The van der Waals surface area contributed by atoms with Gasteiger partial charge in [-0.2, -0.15) is 0 Å². The quantitative estimate of drug-likeness (QED) is 0.211. The number of para-hydroxylation sites is 1. The molecule has 0 aliphatic heterocycles. The molecule has 30 heavy (non-hydrogen) atoms. The van der Waals surface area contributed by atoms with Gasteiger partial charge in [0.25, 0.3) is 0 Å². The van der Waals surface area contributed by atoms with Crippen LogP contribution in [0.25, 0.3) is 32.9 Å². The van der Waals surface area contributed by atoms with Crippen LogP contribution in [0, 0.1) is 0 Å². The first-order chi connectivity index (χ1) is 14.8. The molecule has 0 unspecified atom stereocenters. The predicted octanol–water partition coefficient (Wildman–Crippen LogP) is 6.25. The summed E-state index contributed by atoms with van der Waals surface area (Å²) in [4.78, 5) is 3.41. The van der Waals surface area contributed by atoms with E-state index >= 15 is 0 Å². The highest BCUT2D eigenvalue weighted by molar-refractivity contribution is 6.07. The zero-order chi connectivity index (χ0) is 20.3. The summed E-state index contributed by atoms with van der Waals surface area (Å²) in [6.07, 6.45) is 0. The highest BCUT2D eigenvalue weighted by Crippen LogP contribution is 2.28. The van der Waals surface area contributed by atoms with Crippen molar-refractivity contribution in [3.63, 3.8) is 0 Å². The van der Waals surface area contributed by atoms with Crippen molar-refractivity contribution in [1.29, 1.82) is 0 Å². The molecule has 0 atom stereocenters. The summed E-state index contributed by atoms with van der Waals surface area (Å²) in [6.45, 7) is 0.174. The maximum absolute atomic E-state index is 9.51. The first-order valence-electron chi connectivity index (χ1n) is 9.82. The number of nitrogens with one attached hydrogen (secondary N) is 1. The number of rotatable bonds is 5. The van der Waals surface area contributed by atoms with E-state index in [0.717, 1.165) is 38.9 Å². The lowest BCUT2D eigenvalue weighted by Crippen LogP contribution is -2.13. The number of ether oxygens (including phenoxy) is 1. The summed E-state index contributed by atoms with van der Waals surface area (Å²) in [6, 6.07) is 32.3. The summed E-state index contributed by atoms with van der Waals surface area (Å²) >= 11 is 0. The Hall–Kier alpha value is -4.05. The summed E-state index contributed by atoms with van der Waals surface area (Å²) in [5, 5.41) is 15.3. The molecule has 0 saturated heterocycles. The van der Waals surface area contributed by atoms with E-state index in [1.807, 2.05) is 72.8 Å². The van der Waals surface area contributed by atoms with Crippen molar-refractivity contribution in [1.82, 2.24) is 4.98 Å². The molecule has 4 nitrogen and oxygen atoms in total. The van der Waals surface area contributed by atoms with E-state index in [1.165, 1.54) is 5.39 Å². The second-order valence-electron chi connectivity index (χ2n) is 7.16. The second-order valence-corrected chi connectivity index (χ2v) is 7.16. The van der Waals surface area contributed by atoms with Crippen LogP contribution >= 0.6 is 0 Å². The molecule has 4 heteroatoms. The molecule has 146 valence electrons. The molecule has 2 N–H and O–H groups in total. The number of oxime groups is 1. The molecular formula is C26H20N2O2. The van der Waals surface area contributed by atoms with Gasteiger partial charge >= 0.3 is 0 Å². The molecule has 0 fully saturated rings. The lowest BCUT2D eigenvalue weighted by atomic mass is 10.0. The topological polar surface area (TPSA) is 57.6 Å². The Bertz CT molecular complexity index is 1340. The number of benzene rings is 4. The number of aromatic nitrogens is 1. The summed E-state index contributed by atoms with van der Waals surface area (Å²) in [7, 11) is 0. The van der Waals surface area contributed by atoms with Crippen molar-refractivity contribution in [2.45, 2.75) is 0 Å². The third-order valence-electron chi connectivity index (χ3n) is 5.30. The molecule has 0 spiro atoms. The largest absolute Gasteiger partial charge is 0.487 e. The number of H-pyrrole nitrogens is 1. The molecule has 0 radical (unpaired) electrons. The van der Waals surface area contributed by atoms with E-state index in [-0.39, 0.29) is 6.61 Å². The fourth-order valence-electron chi connectivity index (χ4n) is 3.73. The monoisotopic (exact) mass is 392 g/mol. The fraction of sp³-hybridized carbons (Fsp3) is 0.0385. The van der Waals surface area contributed by atoms with Gasteiger partial charge in [0.2, 0.25) is 0 Å². The van der Waals surface area contributed by atoms with Crippen LogP contribution in [0.1, 0.15) is 5.56 Å². The van der Waals surface area contributed by atoms with Gasteiger partial charge in [0.1, 0.15) is 18.1 Å². The van der Waals surface area contributed by atoms with E-state index in [4.69, 9.17) is 4.74 Å². The lowest BCUT2D eigenvalue weighted by molar-refractivity contribution is 0.308. The average Bonchev–Trinajstić information content (AvgIpc) is 3.18. The summed E-state index contributed by atoms with van der Waals surface area (Å²) in [5.74, 6) is 0.719. The zero-order valence-electron chi connectivity index (χ0n) is 16.2. The first kappa shape index (κ1) is 18.0. The second kappa shape index (κ2) is 7.76. The maximum atomic E-state index is 9.51. The number of fused-ring (bicyclic) bond motifs is 3. The Morgan fingerprint density at radius 1 is 0.733 bits per heavy atom. The lowest BCUT2D eigenvalue weighted by Gasteiger charge is -2.09. The molecule has 0 aliphatic rings. The fourth-order valence-corrected chi connectivity index (χ4v) is 3.73. The van der Waals surface area contributed by atoms with Crippen LogP contribution in [0.15, 0.2) is 102 Å². The van der Waals surface area contributed by atoms with E-state index in [2.05, 4.69) is 34.4 Å². The average molecular weight is 392 g/mol. The van der Waals surface area contributed by atoms with Crippen LogP contribution in [0.3, 0.4) is 0 Å². The normalized spacial score (nSPS) is 11.8. The minimum Gasteiger partial charge on any atom is -0.487 e. The van der Waals surface area contributed by atoms with Gasteiger partial charge in [0, 0.05) is 27.9 Å². The molecular weight excluding hydrogens is 372 g/mol. The standard InChI is InChI=1S/C26H20N2O2/c29-28-26(20-12-10-19(11-13-20)18-6-2-1-3-7-18)17-30-21-14-15-23-22-8-4-5-9-24(22)27-25(23)16-21/h1-16,27,29H,17H2/b28-26-. The van der Waals surface area contributed by atoms with Gasteiger partial charge in [-0.05, 0) is 29.3 Å². The minimum atomic E-state index is 0.174. The van der Waals surface area contributed by atoms with Gasteiger partial charge in [-0.1, -0.05) is 78.0 Å². The molecule has 1 aromatic heterocycles. The van der Waals surface area contributed by atoms with Gasteiger partial charge in [-0.25, -0.2) is 0 Å². The van der Waals surface area contributed by atoms with Gasteiger partial charge in [0.15, 0.2) is 0 Å². The third-order valence-corrected chi connectivity index (χ3v) is 5.30. The van der Waals surface area contributed by atoms with Crippen molar-refractivity contribution in [3.8, 4) is 16.9 Å². The van der Waals surface area contributed by atoms with Gasteiger partial charge in [-0.15, -0.1) is 0 Å². The van der Waals surface area contributed by atoms with Crippen molar-refractivity contribution in [3.05, 3.63) is 103 Å². The first-order valence-corrected chi connectivity index (χ1v) is 9.82. The van der Waals surface area contributed by atoms with E-state index < -0.39 is 0 Å². The Labute approximate surface area is 174 Å². The van der Waals surface area contributed by atoms with Gasteiger partial charge in [0.05, 0.1) is 5.52 Å².